The van der Waals surface area contributed by atoms with E-state index in [1.54, 1.807) is 7.05 Å². The lowest BCUT2D eigenvalue weighted by Crippen LogP contribution is -2.33. The number of aromatic nitrogens is 8. The Bertz CT molecular complexity index is 1410. The number of rotatable bonds is 5. The molecule has 7 N–H and O–H groups in total. The maximum Gasteiger partial charge on any atom is 0.440 e. The predicted octanol–water partition coefficient (Wildman–Crippen LogP) is -2.16. The largest absolute Gasteiger partial charge is 0.440 e. The van der Waals surface area contributed by atoms with Crippen molar-refractivity contribution in [2.45, 2.75) is 24.5 Å². The highest BCUT2D eigenvalue weighted by Crippen LogP contribution is 2.46. The van der Waals surface area contributed by atoms with Gasteiger partial charge in [0.2, 0.25) is 6.33 Å². The Balaban J connectivity index is 1.36. The molecule has 4 aromatic heterocycles. The molecular formula is C16H20N10O6P+. The number of nitrogens with two attached hydrogens (primary N) is 2. The molecular weight excluding hydrogens is 459 g/mol. The zero-order chi connectivity index (χ0) is 23.5. The molecule has 0 bridgehead atoms. The number of aliphatic hydroxyl groups excluding tert-OH is 2. The number of fused-ring (bicyclic) bond motifs is 2. The number of nitrogens with zero attached hydrogens (tertiary/aromatic N) is 8. The van der Waals surface area contributed by atoms with Crippen LogP contribution in [0, 0.1) is 0 Å². The van der Waals surface area contributed by atoms with Gasteiger partial charge in [-0.05, 0) is 0 Å². The highest BCUT2D eigenvalue weighted by Gasteiger charge is 2.45. The monoisotopic (exact) mass is 479 g/mol. The first-order valence-corrected chi connectivity index (χ1v) is 11.1. The summed E-state index contributed by atoms with van der Waals surface area (Å²) < 4.78 is 27.5. The fourth-order valence-corrected chi connectivity index (χ4v) is 4.61. The molecule has 1 fully saturated rings. The van der Waals surface area contributed by atoms with E-state index in [9.17, 15) is 19.7 Å². The summed E-state index contributed by atoms with van der Waals surface area (Å²) in [6, 6.07) is 0. The SMILES string of the molecule is C[n+]1cnc2c(ncn2P(=O)(O)OC[C@H]2O[C@@H](n3cnc4c(N)ncnc43)[C@H](O)[C@@H]2O)c1N. The van der Waals surface area contributed by atoms with E-state index in [-0.39, 0.29) is 28.4 Å². The molecule has 0 aromatic carbocycles. The summed E-state index contributed by atoms with van der Waals surface area (Å²) >= 11 is 0. The van der Waals surface area contributed by atoms with Gasteiger partial charge in [0.25, 0.3) is 11.5 Å². The van der Waals surface area contributed by atoms with Crippen LogP contribution in [0.3, 0.4) is 0 Å². The highest BCUT2D eigenvalue weighted by molar-refractivity contribution is 7.51. The van der Waals surface area contributed by atoms with Gasteiger partial charge in [-0.25, -0.2) is 33.4 Å². The lowest BCUT2D eigenvalue weighted by Gasteiger charge is -2.18. The Hall–Kier alpha value is -3.27. The number of nitrogen functional groups attached to an aromatic ring is 2. The van der Waals surface area contributed by atoms with Crippen LogP contribution in [0.1, 0.15) is 6.23 Å². The summed E-state index contributed by atoms with van der Waals surface area (Å²) in [6.07, 6.45) is -0.0579. The first kappa shape index (κ1) is 21.6. The Labute approximate surface area is 184 Å². The minimum absolute atomic E-state index is 0.0457. The van der Waals surface area contributed by atoms with Gasteiger partial charge in [-0.2, -0.15) is 0 Å². The molecule has 1 aliphatic rings. The first-order chi connectivity index (χ1) is 15.7. The Kier molecular flexibility index (Phi) is 5.00. The van der Waals surface area contributed by atoms with E-state index in [1.165, 1.54) is 28.1 Å². The van der Waals surface area contributed by atoms with Gasteiger partial charge in [0.15, 0.2) is 23.2 Å². The van der Waals surface area contributed by atoms with Crippen molar-refractivity contribution < 1.29 is 33.5 Å². The van der Waals surface area contributed by atoms with Gasteiger partial charge in [-0.3, -0.25) is 9.09 Å². The number of hydrogen-bond acceptors (Lipinski definition) is 12. The summed E-state index contributed by atoms with van der Waals surface area (Å²) in [5.41, 5.74) is 12.6. The van der Waals surface area contributed by atoms with Crippen molar-refractivity contribution in [1.82, 2.24) is 33.8 Å². The van der Waals surface area contributed by atoms with Gasteiger partial charge >= 0.3 is 7.75 Å². The van der Waals surface area contributed by atoms with E-state index in [0.29, 0.717) is 5.52 Å². The van der Waals surface area contributed by atoms with Crippen molar-refractivity contribution in [3.63, 3.8) is 0 Å². The van der Waals surface area contributed by atoms with Crippen LogP contribution < -0.4 is 16.0 Å². The number of hydrogen-bond donors (Lipinski definition) is 5. The van der Waals surface area contributed by atoms with E-state index >= 15 is 0 Å². The average molecular weight is 479 g/mol. The Morgan fingerprint density at radius 1 is 1.12 bits per heavy atom. The van der Waals surface area contributed by atoms with E-state index in [4.69, 9.17) is 20.7 Å². The standard InChI is InChI=1S/C16H19N10O6P/c1-24-4-23-15-9(13(24)18)22-6-26(15)33(29,30)31-2-7-10(27)11(28)16(32-7)25-5-21-8-12(17)19-3-20-14(8)25/h3-7,10-11,16,18,27-28H,2H2,1H3,(H3,17,19,20,29,30)/p+1/t7-,10-,11-,16-/m1/s1. The summed E-state index contributed by atoms with van der Waals surface area (Å²) in [4.78, 5) is 30.6. The molecule has 5 heterocycles. The van der Waals surface area contributed by atoms with E-state index in [0.717, 1.165) is 10.7 Å². The van der Waals surface area contributed by atoms with Gasteiger partial charge in [0.05, 0.1) is 20.0 Å². The second-order valence-corrected chi connectivity index (χ2v) is 9.09. The molecule has 1 aliphatic heterocycles. The Morgan fingerprint density at radius 3 is 2.67 bits per heavy atom. The zero-order valence-electron chi connectivity index (χ0n) is 17.1. The topological polar surface area (TPSA) is 226 Å². The minimum Gasteiger partial charge on any atom is -0.387 e. The van der Waals surface area contributed by atoms with Crippen LogP contribution in [-0.2, 0) is 20.9 Å². The van der Waals surface area contributed by atoms with Crippen LogP contribution in [0.25, 0.3) is 22.3 Å². The maximum absolute atomic E-state index is 12.9. The molecule has 33 heavy (non-hydrogen) atoms. The van der Waals surface area contributed by atoms with Crippen LogP contribution >= 0.6 is 7.75 Å². The summed E-state index contributed by atoms with van der Waals surface area (Å²) in [7, 11) is -2.85. The van der Waals surface area contributed by atoms with Gasteiger partial charge in [0, 0.05) is 0 Å². The molecule has 0 spiro atoms. The maximum atomic E-state index is 12.9. The van der Waals surface area contributed by atoms with E-state index < -0.39 is 38.9 Å². The lowest BCUT2D eigenvalue weighted by atomic mass is 10.1. The van der Waals surface area contributed by atoms with Gasteiger partial charge in [-0.15, -0.1) is 0 Å². The van der Waals surface area contributed by atoms with Crippen LogP contribution in [-0.4, -0.2) is 73.8 Å². The highest BCUT2D eigenvalue weighted by atomic mass is 31.2. The molecule has 1 saturated heterocycles. The molecule has 0 aliphatic carbocycles. The molecule has 0 radical (unpaired) electrons. The number of aryl methyl sites for hydroxylation is 1. The fraction of sp³-hybridized carbons (Fsp3) is 0.375. The van der Waals surface area contributed by atoms with Crippen LogP contribution in [0.15, 0.2) is 25.3 Å². The van der Waals surface area contributed by atoms with Gasteiger partial charge < -0.3 is 31.3 Å². The van der Waals surface area contributed by atoms with Crippen molar-refractivity contribution in [3.05, 3.63) is 25.3 Å². The summed E-state index contributed by atoms with van der Waals surface area (Å²) in [5, 5.41) is 21.0. The summed E-state index contributed by atoms with van der Waals surface area (Å²) in [5.74, 6) is 0.388. The molecule has 5 atom stereocenters. The van der Waals surface area contributed by atoms with Crippen molar-refractivity contribution in [1.29, 1.82) is 0 Å². The van der Waals surface area contributed by atoms with Gasteiger partial charge in [-0.1, -0.05) is 4.98 Å². The van der Waals surface area contributed by atoms with Crippen molar-refractivity contribution in [3.8, 4) is 0 Å². The van der Waals surface area contributed by atoms with Crippen LogP contribution in [0.5, 0.6) is 0 Å². The summed E-state index contributed by atoms with van der Waals surface area (Å²) in [6.45, 7) is -0.526. The number of imidazole rings is 2. The van der Waals surface area contributed by atoms with E-state index in [1.807, 2.05) is 0 Å². The smallest absolute Gasteiger partial charge is 0.387 e. The Morgan fingerprint density at radius 2 is 1.88 bits per heavy atom. The molecule has 174 valence electrons. The number of anilines is 2. The molecule has 17 heteroatoms. The minimum atomic E-state index is -4.50. The third kappa shape index (κ3) is 3.40. The molecule has 4 aromatic rings. The van der Waals surface area contributed by atoms with E-state index in [2.05, 4.69) is 24.9 Å². The first-order valence-electron chi connectivity index (χ1n) is 9.59. The quantitative estimate of drug-likeness (QED) is 0.152. The molecule has 1 unspecified atom stereocenters. The second-order valence-electron chi connectivity index (χ2n) is 7.42. The van der Waals surface area contributed by atoms with Crippen molar-refractivity contribution >= 4 is 41.7 Å². The molecule has 5 rings (SSSR count). The average Bonchev–Trinajstić information content (AvgIpc) is 3.48. The normalized spacial score (nSPS) is 25.1. The fourth-order valence-electron chi connectivity index (χ4n) is 3.58. The third-order valence-corrected chi connectivity index (χ3v) is 6.70. The third-order valence-electron chi connectivity index (χ3n) is 5.38. The number of aliphatic hydroxyl groups is 2. The zero-order valence-corrected chi connectivity index (χ0v) is 18.0. The molecule has 16 nitrogen and oxygen atoms in total. The van der Waals surface area contributed by atoms with Crippen LogP contribution in [0.2, 0.25) is 0 Å². The molecule has 0 amide bonds. The predicted molar refractivity (Wildman–Crippen MR) is 110 cm³/mol. The van der Waals surface area contributed by atoms with Crippen molar-refractivity contribution in [2.24, 2.45) is 7.05 Å². The second kappa shape index (κ2) is 7.65. The van der Waals surface area contributed by atoms with Crippen molar-refractivity contribution in [2.75, 3.05) is 18.1 Å². The molecule has 0 saturated carbocycles. The van der Waals surface area contributed by atoms with Gasteiger partial charge in [0.1, 0.15) is 36.5 Å². The number of ether oxygens (including phenoxy) is 1. The lowest BCUT2D eigenvalue weighted by molar-refractivity contribution is -0.658. The van der Waals surface area contributed by atoms with Crippen LogP contribution in [0.4, 0.5) is 11.6 Å².